The molecule has 170 valence electrons. The van der Waals surface area contributed by atoms with Crippen LogP contribution in [0.25, 0.3) is 10.2 Å². The van der Waals surface area contributed by atoms with Gasteiger partial charge in [0.25, 0.3) is 5.91 Å². The lowest BCUT2D eigenvalue weighted by atomic mass is 10.2. The van der Waals surface area contributed by atoms with Gasteiger partial charge in [0.2, 0.25) is 10.0 Å². The van der Waals surface area contributed by atoms with E-state index >= 15 is 0 Å². The van der Waals surface area contributed by atoms with Crippen LogP contribution in [0.4, 0.5) is 0 Å². The molecule has 0 unspecified atom stereocenters. The number of para-hydroxylation sites is 1. The number of hydrogen-bond donors (Lipinski definition) is 0. The summed E-state index contributed by atoms with van der Waals surface area (Å²) in [6.07, 6.45) is -0.345. The van der Waals surface area contributed by atoms with Crippen LogP contribution in [0.15, 0.2) is 52.4 Å². The van der Waals surface area contributed by atoms with Gasteiger partial charge >= 0.3 is 0 Å². The van der Waals surface area contributed by atoms with Gasteiger partial charge in [-0.1, -0.05) is 17.4 Å². The van der Waals surface area contributed by atoms with Gasteiger partial charge in [0, 0.05) is 25.7 Å². The molecule has 0 bridgehead atoms. The zero-order valence-electron chi connectivity index (χ0n) is 18.3. The first kappa shape index (κ1) is 22.7. The average molecular weight is 476 g/mol. The molecule has 8 nitrogen and oxygen atoms in total. The maximum absolute atomic E-state index is 13.0. The van der Waals surface area contributed by atoms with Crippen molar-refractivity contribution >= 4 is 37.5 Å². The molecule has 1 aromatic heterocycles. The molecule has 32 heavy (non-hydrogen) atoms. The Morgan fingerprint density at radius 3 is 2.41 bits per heavy atom. The van der Waals surface area contributed by atoms with Gasteiger partial charge in [-0.05, 0) is 50.2 Å². The molecule has 0 aliphatic carbocycles. The molecule has 2 atom stereocenters. The molecule has 4 rings (SSSR count). The van der Waals surface area contributed by atoms with Crippen molar-refractivity contribution in [3.63, 3.8) is 0 Å². The van der Waals surface area contributed by atoms with E-state index in [1.54, 1.807) is 7.11 Å². The second kappa shape index (κ2) is 8.78. The van der Waals surface area contributed by atoms with Crippen molar-refractivity contribution in [1.82, 2.24) is 8.87 Å². The summed E-state index contributed by atoms with van der Waals surface area (Å²) in [5.41, 5.74) is 1.18. The molecule has 1 aliphatic heterocycles. The lowest BCUT2D eigenvalue weighted by Gasteiger charge is -2.34. The number of fused-ring (bicyclic) bond motifs is 1. The Balaban J connectivity index is 1.62. The second-order valence-electron chi connectivity index (χ2n) is 7.77. The molecular formula is C22H25N3O5S2. The molecule has 1 amide bonds. The standard InChI is InChI=1S/C22H25N3O5S2/c1-14-12-25(13-15(2)30-14)32(27,28)17-10-8-16(9-11-17)21(26)23-22-24(3)20-18(29-4)6-5-7-19(20)31-22/h5-11,14-15H,12-13H2,1-4H3/t14-,15-/m1/s1. The van der Waals surface area contributed by atoms with E-state index in [0.29, 0.717) is 29.2 Å². The Morgan fingerprint density at radius 1 is 1.12 bits per heavy atom. The number of morpholine rings is 1. The summed E-state index contributed by atoms with van der Waals surface area (Å²) < 4.78 is 41.2. The summed E-state index contributed by atoms with van der Waals surface area (Å²) in [6.45, 7) is 4.30. The fraction of sp³-hybridized carbons (Fsp3) is 0.364. The van der Waals surface area contributed by atoms with E-state index in [2.05, 4.69) is 4.99 Å². The largest absolute Gasteiger partial charge is 0.495 e. The number of aryl methyl sites for hydroxylation is 1. The van der Waals surface area contributed by atoms with Crippen LogP contribution < -0.4 is 9.54 Å². The molecule has 0 N–H and O–H groups in total. The fourth-order valence-corrected chi connectivity index (χ4v) is 6.46. The number of hydrogen-bond acceptors (Lipinski definition) is 6. The number of carbonyl (C=O) groups excluding carboxylic acids is 1. The van der Waals surface area contributed by atoms with Crippen LogP contribution in [-0.2, 0) is 21.8 Å². The number of sulfonamides is 1. The van der Waals surface area contributed by atoms with E-state index in [1.165, 1.54) is 39.9 Å². The molecule has 1 fully saturated rings. The van der Waals surface area contributed by atoms with Crippen molar-refractivity contribution in [1.29, 1.82) is 0 Å². The topological polar surface area (TPSA) is 90.2 Å². The number of nitrogens with zero attached hydrogens (tertiary/aromatic N) is 3. The summed E-state index contributed by atoms with van der Waals surface area (Å²) in [7, 11) is -0.239. The van der Waals surface area contributed by atoms with Crippen LogP contribution in [0, 0.1) is 0 Å². The third-order valence-corrected chi connectivity index (χ3v) is 8.27. The summed E-state index contributed by atoms with van der Waals surface area (Å²) >= 11 is 1.38. The average Bonchev–Trinajstić information content (AvgIpc) is 3.08. The molecule has 0 radical (unpaired) electrons. The molecule has 1 saturated heterocycles. The SMILES string of the molecule is COc1cccc2sc(=NC(=O)c3ccc(S(=O)(=O)N4C[C@@H](C)O[C@H](C)C4)cc3)n(C)c12. The molecule has 1 aliphatic rings. The van der Waals surface area contributed by atoms with Crippen molar-refractivity contribution in [2.24, 2.45) is 12.0 Å². The Hall–Kier alpha value is -2.53. The lowest BCUT2D eigenvalue weighted by Crippen LogP contribution is -2.48. The minimum absolute atomic E-state index is 0.146. The van der Waals surface area contributed by atoms with E-state index in [0.717, 1.165) is 10.2 Å². The highest BCUT2D eigenvalue weighted by atomic mass is 32.2. The summed E-state index contributed by atoms with van der Waals surface area (Å²) in [4.78, 5) is 17.7. The fourth-order valence-electron chi connectivity index (χ4n) is 3.84. The van der Waals surface area contributed by atoms with Gasteiger partial charge in [-0.2, -0.15) is 9.30 Å². The molecule has 3 aromatic rings. The summed E-state index contributed by atoms with van der Waals surface area (Å²) in [6, 6.07) is 11.6. The highest BCUT2D eigenvalue weighted by molar-refractivity contribution is 7.89. The van der Waals surface area contributed by atoms with Gasteiger partial charge in [-0.3, -0.25) is 4.79 Å². The van der Waals surface area contributed by atoms with Crippen LogP contribution >= 0.6 is 11.3 Å². The van der Waals surface area contributed by atoms with Gasteiger partial charge in [0.05, 0.1) is 28.9 Å². The maximum Gasteiger partial charge on any atom is 0.279 e. The molecule has 0 spiro atoms. The van der Waals surface area contributed by atoms with Crippen LogP contribution in [0.2, 0.25) is 0 Å². The summed E-state index contributed by atoms with van der Waals surface area (Å²) in [5, 5.41) is 0. The van der Waals surface area contributed by atoms with Crippen molar-refractivity contribution in [3.8, 4) is 5.75 Å². The zero-order chi connectivity index (χ0) is 23.0. The minimum atomic E-state index is -3.67. The number of rotatable bonds is 4. The third kappa shape index (κ3) is 4.23. The van der Waals surface area contributed by atoms with E-state index in [1.807, 2.05) is 43.7 Å². The van der Waals surface area contributed by atoms with Crippen LogP contribution in [0.5, 0.6) is 5.75 Å². The van der Waals surface area contributed by atoms with Crippen molar-refractivity contribution in [3.05, 3.63) is 52.8 Å². The number of carbonyl (C=O) groups is 1. The summed E-state index contributed by atoms with van der Waals surface area (Å²) in [5.74, 6) is 0.264. The van der Waals surface area contributed by atoms with Crippen LogP contribution in [0.3, 0.4) is 0 Å². The molecular weight excluding hydrogens is 450 g/mol. The lowest BCUT2D eigenvalue weighted by molar-refractivity contribution is -0.0440. The number of methoxy groups -OCH3 is 1. The monoisotopic (exact) mass is 475 g/mol. The van der Waals surface area contributed by atoms with Gasteiger partial charge in [0.1, 0.15) is 11.3 Å². The highest BCUT2D eigenvalue weighted by Crippen LogP contribution is 2.26. The van der Waals surface area contributed by atoms with Crippen LogP contribution in [-0.4, -0.2) is 55.6 Å². The second-order valence-corrected chi connectivity index (χ2v) is 10.7. The highest BCUT2D eigenvalue weighted by Gasteiger charge is 2.32. The van der Waals surface area contributed by atoms with Gasteiger partial charge in [-0.15, -0.1) is 0 Å². The number of ether oxygens (including phenoxy) is 2. The quantitative estimate of drug-likeness (QED) is 0.579. The Bertz CT molecular complexity index is 1320. The first-order valence-corrected chi connectivity index (χ1v) is 12.4. The minimum Gasteiger partial charge on any atom is -0.495 e. The van der Waals surface area contributed by atoms with Gasteiger partial charge < -0.3 is 14.0 Å². The Labute approximate surface area is 190 Å². The first-order chi connectivity index (χ1) is 15.2. The molecule has 2 aromatic carbocycles. The van der Waals surface area contributed by atoms with E-state index in [9.17, 15) is 13.2 Å². The van der Waals surface area contributed by atoms with Gasteiger partial charge in [0.15, 0.2) is 4.80 Å². The van der Waals surface area contributed by atoms with E-state index in [-0.39, 0.29) is 17.1 Å². The predicted octanol–water partition coefficient (Wildman–Crippen LogP) is 2.79. The van der Waals surface area contributed by atoms with Crippen molar-refractivity contribution < 1.29 is 22.7 Å². The molecule has 0 saturated carbocycles. The Morgan fingerprint density at radius 2 is 1.78 bits per heavy atom. The predicted molar refractivity (Wildman–Crippen MR) is 122 cm³/mol. The number of thiazole rings is 1. The maximum atomic E-state index is 13.0. The van der Waals surface area contributed by atoms with Gasteiger partial charge in [-0.25, -0.2) is 8.42 Å². The smallest absolute Gasteiger partial charge is 0.279 e. The van der Waals surface area contributed by atoms with Crippen LogP contribution in [0.1, 0.15) is 24.2 Å². The third-order valence-electron chi connectivity index (χ3n) is 5.33. The molecule has 10 heteroatoms. The first-order valence-electron chi connectivity index (χ1n) is 10.2. The zero-order valence-corrected chi connectivity index (χ0v) is 19.9. The van der Waals surface area contributed by atoms with Crippen molar-refractivity contribution in [2.45, 2.75) is 31.0 Å². The van der Waals surface area contributed by atoms with E-state index in [4.69, 9.17) is 9.47 Å². The number of aromatic nitrogens is 1. The number of benzene rings is 2. The Kier molecular flexibility index (Phi) is 6.22. The van der Waals surface area contributed by atoms with Crippen molar-refractivity contribution in [2.75, 3.05) is 20.2 Å². The molecule has 2 heterocycles. The normalized spacial score (nSPS) is 20.6. The van der Waals surface area contributed by atoms with E-state index < -0.39 is 15.9 Å². The number of amides is 1.